The average Bonchev–Trinajstić information content (AvgIpc) is 3.57. The van der Waals surface area contributed by atoms with Crippen molar-refractivity contribution < 1.29 is 4.39 Å². The lowest BCUT2D eigenvalue weighted by Crippen LogP contribution is -2.38. The Morgan fingerprint density at radius 3 is 2.70 bits per heavy atom. The molecule has 1 aliphatic carbocycles. The van der Waals surface area contributed by atoms with Crippen molar-refractivity contribution in [2.45, 2.75) is 45.7 Å². The van der Waals surface area contributed by atoms with E-state index < -0.39 is 11.9 Å². The van der Waals surface area contributed by atoms with E-state index in [9.17, 15) is 5.26 Å². The van der Waals surface area contributed by atoms with Crippen LogP contribution in [-0.4, -0.2) is 22.6 Å². The van der Waals surface area contributed by atoms with E-state index in [-0.39, 0.29) is 5.41 Å². The number of aromatic nitrogens is 1. The summed E-state index contributed by atoms with van der Waals surface area (Å²) in [6.45, 7) is 6.97. The third kappa shape index (κ3) is 5.40. The highest BCUT2D eigenvalue weighted by Crippen LogP contribution is 2.39. The quantitative estimate of drug-likeness (QED) is 0.272. The molecule has 7 nitrogen and oxygen atoms in total. The van der Waals surface area contributed by atoms with Crippen LogP contribution in [0.15, 0.2) is 48.4 Å². The Labute approximate surface area is 225 Å². The lowest BCUT2D eigenvalue weighted by molar-refractivity contribution is 0.260. The van der Waals surface area contributed by atoms with E-state index in [0.29, 0.717) is 61.7 Å². The van der Waals surface area contributed by atoms with Crippen molar-refractivity contribution in [1.29, 1.82) is 5.26 Å². The zero-order valence-electron chi connectivity index (χ0n) is 20.8. The molecule has 37 heavy (non-hydrogen) atoms. The summed E-state index contributed by atoms with van der Waals surface area (Å²) in [6.07, 6.45) is 5.65. The van der Waals surface area contributed by atoms with Gasteiger partial charge in [-0.25, -0.2) is 4.39 Å². The second-order valence-corrected chi connectivity index (χ2v) is 11.4. The largest absolute Gasteiger partial charge is 0.383 e. The molecule has 5 rings (SSSR count). The predicted octanol–water partition coefficient (Wildman–Crippen LogP) is 6.49. The van der Waals surface area contributed by atoms with Crippen LogP contribution < -0.4 is 21.6 Å². The average molecular weight is 540 g/mol. The third-order valence-electron chi connectivity index (χ3n) is 6.30. The van der Waals surface area contributed by atoms with Crippen molar-refractivity contribution in [3.05, 3.63) is 75.4 Å². The number of nitriles is 1. The van der Waals surface area contributed by atoms with Crippen LogP contribution in [0.2, 0.25) is 10.0 Å². The number of nitrogens with zero attached hydrogens (tertiary/aromatic N) is 3. The van der Waals surface area contributed by atoms with Crippen LogP contribution in [0.4, 0.5) is 15.8 Å². The zero-order valence-corrected chi connectivity index (χ0v) is 22.3. The molecule has 4 N–H and O–H groups in total. The number of nitrogens with one attached hydrogen (secondary N) is 4. The molecular weight excluding hydrogens is 512 g/mol. The normalized spacial score (nSPS) is 16.2. The van der Waals surface area contributed by atoms with Crippen molar-refractivity contribution >= 4 is 45.5 Å². The highest BCUT2D eigenvalue weighted by atomic mass is 35.5. The van der Waals surface area contributed by atoms with E-state index in [4.69, 9.17) is 23.2 Å². The van der Waals surface area contributed by atoms with Gasteiger partial charge in [0.25, 0.3) is 0 Å². The summed E-state index contributed by atoms with van der Waals surface area (Å²) in [5.74, 6) is -0.426. The molecule has 0 amide bonds. The standard InChI is InChI=1S/C27H28Cl2FN7/c1-27(2,3)14-33-24-15(11-31)12-32-25-18(24)9-16(10-20(25)29)34-26(23-19(28)5-4-6-21(23)30)22-13-37(36-35-22)17-7-8-17/h4-6,9-10,12-13,17,26,34-36H,7-8,14H2,1-3H3,(H,32,33). The van der Waals surface area contributed by atoms with E-state index >= 15 is 4.39 Å². The Kier molecular flexibility index (Phi) is 6.80. The number of pyridine rings is 1. The molecule has 0 spiro atoms. The molecule has 192 valence electrons. The fraction of sp³-hybridized carbons (Fsp3) is 0.333. The number of hydrogen-bond donors (Lipinski definition) is 4. The van der Waals surface area contributed by atoms with Gasteiger partial charge in [0.05, 0.1) is 33.5 Å². The lowest BCUT2D eigenvalue weighted by Gasteiger charge is -2.24. The van der Waals surface area contributed by atoms with Gasteiger partial charge < -0.3 is 16.1 Å². The fourth-order valence-corrected chi connectivity index (χ4v) is 4.81. The zero-order chi connectivity index (χ0) is 26.3. The molecule has 0 radical (unpaired) electrons. The maximum Gasteiger partial charge on any atom is 0.130 e. The smallest absolute Gasteiger partial charge is 0.130 e. The topological polar surface area (TPSA) is 88.0 Å². The van der Waals surface area contributed by atoms with Crippen LogP contribution >= 0.6 is 23.2 Å². The van der Waals surface area contributed by atoms with Crippen molar-refractivity contribution in [2.24, 2.45) is 5.41 Å². The second-order valence-electron chi connectivity index (χ2n) is 10.6. The number of halogens is 3. The van der Waals surface area contributed by atoms with Gasteiger partial charge in [0.1, 0.15) is 11.9 Å². The Morgan fingerprint density at radius 2 is 2.03 bits per heavy atom. The van der Waals surface area contributed by atoms with Gasteiger partial charge in [-0.15, -0.1) is 5.53 Å². The first kappa shape index (κ1) is 25.4. The molecule has 0 bridgehead atoms. The van der Waals surface area contributed by atoms with Crippen LogP contribution in [0.5, 0.6) is 0 Å². The van der Waals surface area contributed by atoms with Crippen LogP contribution in [-0.2, 0) is 0 Å². The van der Waals surface area contributed by atoms with E-state index in [1.807, 2.05) is 17.3 Å². The Bertz CT molecular complexity index is 1400. The molecule has 0 saturated heterocycles. The molecule has 1 aliphatic heterocycles. The minimum atomic E-state index is -0.642. The molecular formula is C27H28Cl2FN7. The minimum Gasteiger partial charge on any atom is -0.383 e. The maximum absolute atomic E-state index is 15.1. The first-order chi connectivity index (χ1) is 17.6. The van der Waals surface area contributed by atoms with Gasteiger partial charge >= 0.3 is 0 Å². The Hall–Kier alpha value is -3.25. The van der Waals surface area contributed by atoms with Gasteiger partial charge in [0, 0.05) is 46.6 Å². The number of hydrazine groups is 2. The van der Waals surface area contributed by atoms with Crippen molar-refractivity contribution in [1.82, 2.24) is 21.0 Å². The summed E-state index contributed by atoms with van der Waals surface area (Å²) in [5, 5.41) is 20.0. The molecule has 2 aromatic carbocycles. The van der Waals surface area contributed by atoms with Crippen LogP contribution in [0.25, 0.3) is 10.9 Å². The SMILES string of the molecule is CC(C)(C)CNc1c(C#N)cnc2c(Cl)cc(NC(C3=CN(C4CC4)NN3)c3c(F)cccc3Cl)cc12. The summed E-state index contributed by atoms with van der Waals surface area (Å²) < 4.78 is 15.1. The van der Waals surface area contributed by atoms with E-state index in [1.165, 1.54) is 12.3 Å². The van der Waals surface area contributed by atoms with Gasteiger partial charge in [0.2, 0.25) is 0 Å². The number of hydrogen-bond acceptors (Lipinski definition) is 7. The summed E-state index contributed by atoms with van der Waals surface area (Å²) in [6, 6.07) is 10.3. The van der Waals surface area contributed by atoms with E-state index in [1.54, 1.807) is 18.2 Å². The van der Waals surface area contributed by atoms with Crippen molar-refractivity contribution in [3.8, 4) is 6.07 Å². The summed E-state index contributed by atoms with van der Waals surface area (Å²) in [4.78, 5) is 4.43. The first-order valence-electron chi connectivity index (χ1n) is 12.1. The number of anilines is 2. The van der Waals surface area contributed by atoms with Crippen LogP contribution in [0.1, 0.15) is 50.8 Å². The molecule has 1 saturated carbocycles. The first-order valence-corrected chi connectivity index (χ1v) is 12.9. The Balaban J connectivity index is 1.59. The van der Waals surface area contributed by atoms with Gasteiger partial charge in [-0.2, -0.15) is 5.26 Å². The minimum absolute atomic E-state index is 0.0182. The Morgan fingerprint density at radius 1 is 1.24 bits per heavy atom. The fourth-order valence-electron chi connectivity index (χ4n) is 4.27. The molecule has 1 aromatic heterocycles. The highest BCUT2D eigenvalue weighted by Gasteiger charge is 2.33. The number of benzene rings is 2. The third-order valence-corrected chi connectivity index (χ3v) is 6.92. The van der Waals surface area contributed by atoms with Crippen LogP contribution in [0, 0.1) is 22.6 Å². The number of fused-ring (bicyclic) bond motifs is 1. The molecule has 1 fully saturated rings. The summed E-state index contributed by atoms with van der Waals surface area (Å²) >= 11 is 13.2. The van der Waals surface area contributed by atoms with Gasteiger partial charge in [0.15, 0.2) is 0 Å². The molecule has 1 atom stereocenters. The summed E-state index contributed by atoms with van der Waals surface area (Å²) in [7, 11) is 0. The molecule has 10 heteroatoms. The highest BCUT2D eigenvalue weighted by molar-refractivity contribution is 6.36. The van der Waals surface area contributed by atoms with Crippen molar-refractivity contribution in [3.63, 3.8) is 0 Å². The van der Waals surface area contributed by atoms with E-state index in [2.05, 4.69) is 53.4 Å². The molecule has 1 unspecified atom stereocenters. The monoisotopic (exact) mass is 539 g/mol. The molecule has 2 heterocycles. The molecule has 3 aromatic rings. The second kappa shape index (κ2) is 9.90. The summed E-state index contributed by atoms with van der Waals surface area (Å²) in [5.41, 5.74) is 9.60. The molecule has 2 aliphatic rings. The van der Waals surface area contributed by atoms with Gasteiger partial charge in [-0.05, 0) is 42.5 Å². The van der Waals surface area contributed by atoms with Gasteiger partial charge in [-0.1, -0.05) is 50.0 Å². The van der Waals surface area contributed by atoms with E-state index in [0.717, 1.165) is 12.8 Å². The number of rotatable bonds is 7. The predicted molar refractivity (Wildman–Crippen MR) is 146 cm³/mol. The van der Waals surface area contributed by atoms with Gasteiger partial charge in [-0.3, -0.25) is 9.99 Å². The lowest BCUT2D eigenvalue weighted by atomic mass is 9.96. The van der Waals surface area contributed by atoms with Crippen LogP contribution in [0.3, 0.4) is 0 Å². The van der Waals surface area contributed by atoms with Crippen molar-refractivity contribution in [2.75, 3.05) is 17.2 Å². The maximum atomic E-state index is 15.1.